The van der Waals surface area contributed by atoms with Crippen molar-refractivity contribution in [2.24, 2.45) is 0 Å². The molecule has 0 bridgehead atoms. The number of aliphatic hydroxyl groups is 2. The summed E-state index contributed by atoms with van der Waals surface area (Å²) < 4.78 is 22.9. The molecular weight excluding hydrogens is 540 g/mol. The second kappa shape index (κ2) is 11.0. The van der Waals surface area contributed by atoms with E-state index in [0.29, 0.717) is 46.6 Å². The maximum atomic E-state index is 11.7. The molecule has 2 atom stereocenters. The summed E-state index contributed by atoms with van der Waals surface area (Å²) in [5.41, 5.74) is 5.60. The Kier molecular flexibility index (Phi) is 7.22. The van der Waals surface area contributed by atoms with E-state index < -0.39 is 12.0 Å². The van der Waals surface area contributed by atoms with Crippen molar-refractivity contribution in [2.45, 2.75) is 38.1 Å². The standard InChI is InChI=1S/C33H32O9/c1-39-28-9-19(10-29(40-2)33(28)38)24-16-42-27-13-25(36)30-22(31(27)32(24)37)7-6-21-23(30)11-20(35)12-26(21)41-15-18-5-3-4-17(8-18)14-34/h3-5,8-13,24,32,34-38H,6-7,14-16H2,1-2H3/t24-,32-/m0/s1. The van der Waals surface area contributed by atoms with E-state index in [0.717, 1.165) is 22.3 Å². The van der Waals surface area contributed by atoms with Crippen LogP contribution in [-0.2, 0) is 26.1 Å². The minimum absolute atomic E-state index is 0.0178. The molecule has 2 aliphatic rings. The van der Waals surface area contributed by atoms with Crippen LogP contribution < -0.4 is 18.9 Å². The van der Waals surface area contributed by atoms with Crippen molar-refractivity contribution in [3.8, 4) is 51.4 Å². The van der Waals surface area contributed by atoms with Crippen LogP contribution in [-0.4, -0.2) is 46.4 Å². The van der Waals surface area contributed by atoms with Crippen molar-refractivity contribution in [2.75, 3.05) is 20.8 Å². The summed E-state index contributed by atoms with van der Waals surface area (Å²) in [6.45, 7) is 0.302. The maximum Gasteiger partial charge on any atom is 0.200 e. The number of aromatic hydroxyl groups is 3. The summed E-state index contributed by atoms with van der Waals surface area (Å²) in [6, 6.07) is 15.4. The molecule has 0 aromatic heterocycles. The van der Waals surface area contributed by atoms with E-state index in [1.807, 2.05) is 24.3 Å². The Bertz CT molecular complexity index is 1640. The quantitative estimate of drug-likeness (QED) is 0.210. The lowest BCUT2D eigenvalue weighted by molar-refractivity contribution is 0.0875. The number of phenols is 3. The third-order valence-electron chi connectivity index (χ3n) is 8.10. The van der Waals surface area contributed by atoms with Crippen LogP contribution in [0.15, 0.2) is 54.6 Å². The molecule has 1 heterocycles. The van der Waals surface area contributed by atoms with Gasteiger partial charge in [-0.25, -0.2) is 0 Å². The van der Waals surface area contributed by atoms with Crippen LogP contribution in [0.5, 0.6) is 40.2 Å². The molecule has 0 unspecified atom stereocenters. The Morgan fingerprint density at radius 3 is 2.29 bits per heavy atom. The zero-order valence-electron chi connectivity index (χ0n) is 23.3. The fraction of sp³-hybridized carbons (Fsp3) is 0.273. The average Bonchev–Trinajstić information content (AvgIpc) is 2.99. The largest absolute Gasteiger partial charge is 0.508 e. The third-order valence-corrected chi connectivity index (χ3v) is 8.10. The second-order valence-electron chi connectivity index (χ2n) is 10.5. The van der Waals surface area contributed by atoms with Gasteiger partial charge in [-0.3, -0.25) is 0 Å². The third kappa shape index (κ3) is 4.70. The Balaban J connectivity index is 1.39. The number of hydrogen-bond acceptors (Lipinski definition) is 9. The lowest BCUT2D eigenvalue weighted by atomic mass is 9.77. The van der Waals surface area contributed by atoms with Gasteiger partial charge < -0.3 is 44.5 Å². The van der Waals surface area contributed by atoms with Crippen LogP contribution in [0, 0.1) is 0 Å². The molecule has 4 aromatic carbocycles. The number of methoxy groups -OCH3 is 2. The van der Waals surface area contributed by atoms with Crippen molar-refractivity contribution in [3.05, 3.63) is 88.0 Å². The minimum Gasteiger partial charge on any atom is -0.508 e. The normalized spacial score (nSPS) is 17.0. The van der Waals surface area contributed by atoms with Gasteiger partial charge in [0.1, 0.15) is 29.6 Å². The molecule has 0 radical (unpaired) electrons. The number of hydrogen-bond donors (Lipinski definition) is 5. The Hall–Kier alpha value is -4.60. The van der Waals surface area contributed by atoms with Gasteiger partial charge in [0.05, 0.1) is 33.5 Å². The van der Waals surface area contributed by atoms with Gasteiger partial charge in [0, 0.05) is 34.7 Å². The summed E-state index contributed by atoms with van der Waals surface area (Å²) in [5.74, 6) is 0.662. The second-order valence-corrected chi connectivity index (χ2v) is 10.5. The first-order valence-corrected chi connectivity index (χ1v) is 13.6. The number of fused-ring (bicyclic) bond motifs is 5. The summed E-state index contributed by atoms with van der Waals surface area (Å²) in [6.07, 6.45) is 0.0497. The van der Waals surface area contributed by atoms with E-state index in [1.54, 1.807) is 24.3 Å². The van der Waals surface area contributed by atoms with Crippen molar-refractivity contribution < 1.29 is 44.5 Å². The highest BCUT2D eigenvalue weighted by molar-refractivity contribution is 5.83. The molecule has 0 amide bonds. The lowest BCUT2D eigenvalue weighted by Gasteiger charge is -2.35. The van der Waals surface area contributed by atoms with E-state index in [1.165, 1.54) is 20.3 Å². The van der Waals surface area contributed by atoms with Crippen LogP contribution >= 0.6 is 0 Å². The van der Waals surface area contributed by atoms with Gasteiger partial charge in [-0.1, -0.05) is 24.3 Å². The van der Waals surface area contributed by atoms with Crippen molar-refractivity contribution in [3.63, 3.8) is 0 Å². The van der Waals surface area contributed by atoms with Crippen LogP contribution in [0.3, 0.4) is 0 Å². The highest BCUT2D eigenvalue weighted by atomic mass is 16.5. The number of aliphatic hydroxyl groups excluding tert-OH is 2. The number of ether oxygens (including phenoxy) is 4. The molecule has 6 rings (SSSR count). The SMILES string of the molecule is COc1cc([C@@H]2COc3cc(O)c4c(c3[C@H]2O)CCc2c(OCc3cccc(CO)c3)cc(O)cc2-4)cc(OC)c1O. The first kappa shape index (κ1) is 27.6. The molecule has 5 N–H and O–H groups in total. The van der Waals surface area contributed by atoms with Crippen LogP contribution in [0.2, 0.25) is 0 Å². The molecule has 1 aliphatic carbocycles. The van der Waals surface area contributed by atoms with Gasteiger partial charge >= 0.3 is 0 Å². The van der Waals surface area contributed by atoms with Crippen molar-refractivity contribution in [1.82, 2.24) is 0 Å². The van der Waals surface area contributed by atoms with E-state index in [4.69, 9.17) is 18.9 Å². The summed E-state index contributed by atoms with van der Waals surface area (Å²) in [4.78, 5) is 0. The zero-order valence-corrected chi connectivity index (χ0v) is 23.3. The van der Waals surface area contributed by atoms with E-state index in [9.17, 15) is 25.5 Å². The topological polar surface area (TPSA) is 138 Å². The summed E-state index contributed by atoms with van der Waals surface area (Å²) >= 11 is 0. The molecular formula is C33H32O9. The molecule has 218 valence electrons. The first-order valence-electron chi connectivity index (χ1n) is 13.6. The zero-order chi connectivity index (χ0) is 29.5. The van der Waals surface area contributed by atoms with E-state index in [-0.39, 0.29) is 48.6 Å². The monoisotopic (exact) mass is 572 g/mol. The molecule has 9 nitrogen and oxygen atoms in total. The molecule has 0 saturated carbocycles. The van der Waals surface area contributed by atoms with Crippen LogP contribution in [0.1, 0.15) is 45.4 Å². The van der Waals surface area contributed by atoms with Crippen molar-refractivity contribution in [1.29, 1.82) is 0 Å². The fourth-order valence-electron chi connectivity index (χ4n) is 6.06. The van der Waals surface area contributed by atoms with Crippen molar-refractivity contribution >= 4 is 0 Å². The fourth-order valence-corrected chi connectivity index (χ4v) is 6.06. The lowest BCUT2D eigenvalue weighted by Crippen LogP contribution is -2.26. The average molecular weight is 573 g/mol. The molecule has 42 heavy (non-hydrogen) atoms. The van der Waals surface area contributed by atoms with Gasteiger partial charge in [0.2, 0.25) is 5.75 Å². The molecule has 9 heteroatoms. The van der Waals surface area contributed by atoms with E-state index >= 15 is 0 Å². The van der Waals surface area contributed by atoms with Crippen LogP contribution in [0.4, 0.5) is 0 Å². The number of rotatable bonds is 7. The smallest absolute Gasteiger partial charge is 0.200 e. The van der Waals surface area contributed by atoms with E-state index in [2.05, 4.69) is 0 Å². The Morgan fingerprint density at radius 1 is 0.857 bits per heavy atom. The molecule has 0 spiro atoms. The first-order chi connectivity index (χ1) is 20.3. The van der Waals surface area contributed by atoms with Crippen LogP contribution in [0.25, 0.3) is 11.1 Å². The highest BCUT2D eigenvalue weighted by Gasteiger charge is 2.37. The Morgan fingerprint density at radius 2 is 1.57 bits per heavy atom. The molecule has 1 aliphatic heterocycles. The predicted octanol–water partition coefficient (Wildman–Crippen LogP) is 4.87. The van der Waals surface area contributed by atoms with Gasteiger partial charge in [0.15, 0.2) is 11.5 Å². The number of benzene rings is 4. The molecule has 4 aromatic rings. The molecule has 0 saturated heterocycles. The van der Waals surface area contributed by atoms with Gasteiger partial charge in [-0.15, -0.1) is 0 Å². The maximum absolute atomic E-state index is 11.7. The molecule has 0 fully saturated rings. The summed E-state index contributed by atoms with van der Waals surface area (Å²) in [5, 5.41) is 53.4. The predicted molar refractivity (Wildman–Crippen MR) is 154 cm³/mol. The minimum atomic E-state index is -0.990. The van der Waals surface area contributed by atoms with Gasteiger partial charge in [-0.05, 0) is 58.9 Å². The summed E-state index contributed by atoms with van der Waals surface area (Å²) in [7, 11) is 2.88. The number of phenolic OH excluding ortho intramolecular Hbond substituents is 3. The van der Waals surface area contributed by atoms with Gasteiger partial charge in [0.25, 0.3) is 0 Å². The Labute approximate surface area is 242 Å². The highest BCUT2D eigenvalue weighted by Crippen LogP contribution is 2.53. The van der Waals surface area contributed by atoms with Gasteiger partial charge in [-0.2, -0.15) is 0 Å².